The molecule has 31 heavy (non-hydrogen) atoms. The van der Waals surface area contributed by atoms with Crippen molar-refractivity contribution in [2.75, 3.05) is 6.61 Å². The molecule has 3 heterocycles. The second-order valence-electron chi connectivity index (χ2n) is 7.32. The van der Waals surface area contributed by atoms with Crippen LogP contribution in [0.1, 0.15) is 42.4 Å². The first-order valence-electron chi connectivity index (χ1n) is 9.90. The van der Waals surface area contributed by atoms with Crippen LogP contribution in [0.15, 0.2) is 36.8 Å². The molecule has 0 amide bonds. The molecule has 160 valence electrons. The van der Waals surface area contributed by atoms with Gasteiger partial charge in [0.2, 0.25) is 0 Å². The molecule has 5 nitrogen and oxygen atoms in total. The van der Waals surface area contributed by atoms with Gasteiger partial charge in [-0.05, 0) is 38.5 Å². The summed E-state index contributed by atoms with van der Waals surface area (Å²) >= 11 is 19.3. The Bertz CT molecular complexity index is 1270. The molecule has 0 fully saturated rings. The summed E-state index contributed by atoms with van der Waals surface area (Å²) in [6, 6.07) is 5.95. The summed E-state index contributed by atoms with van der Waals surface area (Å²) in [5.41, 5.74) is 5.23. The van der Waals surface area contributed by atoms with Crippen molar-refractivity contribution < 1.29 is 4.74 Å². The van der Waals surface area contributed by atoms with Crippen molar-refractivity contribution in [2.24, 2.45) is 0 Å². The third-order valence-electron chi connectivity index (χ3n) is 5.34. The van der Waals surface area contributed by atoms with Crippen molar-refractivity contribution in [3.63, 3.8) is 0 Å². The number of aryl methyl sites for hydroxylation is 1. The molecule has 1 atom stereocenters. The Morgan fingerprint density at radius 1 is 1.10 bits per heavy atom. The van der Waals surface area contributed by atoms with Crippen LogP contribution in [0, 0.1) is 13.8 Å². The Morgan fingerprint density at radius 2 is 1.87 bits per heavy atom. The molecule has 4 aromatic rings. The summed E-state index contributed by atoms with van der Waals surface area (Å²) < 4.78 is 8.04. The van der Waals surface area contributed by atoms with Crippen molar-refractivity contribution in [3.05, 3.63) is 74.8 Å². The first-order valence-corrected chi connectivity index (χ1v) is 11.0. The average molecular weight is 476 g/mol. The standard InChI is InChI=1S/C23H21Cl3N4O/c1-5-31-20-16(10-17(24)14(4)18(20)15-7-6-12(2)28-11-15)13(3)23-29-22(26)19-21(25)27-8-9-30(19)23/h6-11,13H,5H2,1-4H3. The minimum Gasteiger partial charge on any atom is -0.493 e. The van der Waals surface area contributed by atoms with E-state index >= 15 is 0 Å². The van der Waals surface area contributed by atoms with Gasteiger partial charge >= 0.3 is 0 Å². The molecule has 0 radical (unpaired) electrons. The Labute approximate surface area is 196 Å². The monoisotopic (exact) mass is 474 g/mol. The van der Waals surface area contributed by atoms with Crippen molar-refractivity contribution in [1.29, 1.82) is 0 Å². The highest BCUT2D eigenvalue weighted by atomic mass is 35.5. The van der Waals surface area contributed by atoms with E-state index in [9.17, 15) is 0 Å². The Morgan fingerprint density at radius 3 is 2.55 bits per heavy atom. The number of hydrogen-bond acceptors (Lipinski definition) is 4. The molecule has 0 aliphatic carbocycles. The predicted octanol–water partition coefficient (Wildman–Crippen LogP) is 6.92. The van der Waals surface area contributed by atoms with E-state index in [0.29, 0.717) is 27.5 Å². The summed E-state index contributed by atoms with van der Waals surface area (Å²) in [4.78, 5) is 13.2. The SMILES string of the molecule is CCOc1c(C(C)c2nc(Cl)c3c(Cl)nccn23)cc(Cl)c(C)c1-c1ccc(C)nc1. The Kier molecular flexibility index (Phi) is 6.11. The first kappa shape index (κ1) is 21.9. The van der Waals surface area contributed by atoms with E-state index in [4.69, 9.17) is 39.5 Å². The van der Waals surface area contributed by atoms with Gasteiger partial charge in [0.25, 0.3) is 0 Å². The summed E-state index contributed by atoms with van der Waals surface area (Å²) in [6.07, 6.45) is 5.27. The van der Waals surface area contributed by atoms with Gasteiger partial charge in [-0.1, -0.05) is 47.8 Å². The number of pyridine rings is 1. The minimum atomic E-state index is -0.185. The van der Waals surface area contributed by atoms with Gasteiger partial charge in [-0.25, -0.2) is 9.97 Å². The zero-order valence-electron chi connectivity index (χ0n) is 17.6. The fourth-order valence-electron chi connectivity index (χ4n) is 3.76. The van der Waals surface area contributed by atoms with Gasteiger partial charge in [0, 0.05) is 51.9 Å². The molecule has 1 aromatic carbocycles. The summed E-state index contributed by atoms with van der Waals surface area (Å²) in [5, 5.41) is 1.25. The average Bonchev–Trinajstić information content (AvgIpc) is 3.09. The van der Waals surface area contributed by atoms with Crippen LogP contribution in [-0.4, -0.2) is 26.0 Å². The number of benzene rings is 1. The molecule has 0 saturated carbocycles. The number of imidazole rings is 1. The molecule has 0 aliphatic rings. The van der Waals surface area contributed by atoms with E-state index in [1.165, 1.54) is 0 Å². The van der Waals surface area contributed by atoms with Crippen molar-refractivity contribution in [1.82, 2.24) is 19.4 Å². The quantitative estimate of drug-likeness (QED) is 0.314. The molecule has 0 bridgehead atoms. The highest BCUT2D eigenvalue weighted by molar-refractivity contribution is 6.38. The van der Waals surface area contributed by atoms with Crippen LogP contribution in [0.5, 0.6) is 5.75 Å². The van der Waals surface area contributed by atoms with Crippen molar-refractivity contribution >= 4 is 40.3 Å². The maximum Gasteiger partial charge on any atom is 0.158 e. The van der Waals surface area contributed by atoms with E-state index in [0.717, 1.165) is 39.5 Å². The summed E-state index contributed by atoms with van der Waals surface area (Å²) in [7, 11) is 0. The second kappa shape index (κ2) is 8.65. The van der Waals surface area contributed by atoms with Crippen molar-refractivity contribution in [2.45, 2.75) is 33.6 Å². The maximum absolute atomic E-state index is 6.69. The van der Waals surface area contributed by atoms with Gasteiger partial charge in [-0.2, -0.15) is 0 Å². The van der Waals surface area contributed by atoms with Crippen LogP contribution in [0.3, 0.4) is 0 Å². The van der Waals surface area contributed by atoms with E-state index < -0.39 is 0 Å². The first-order chi connectivity index (χ1) is 14.8. The Balaban J connectivity index is 1.97. The van der Waals surface area contributed by atoms with Crippen molar-refractivity contribution in [3.8, 4) is 16.9 Å². The van der Waals surface area contributed by atoms with E-state index in [-0.39, 0.29) is 5.92 Å². The lowest BCUT2D eigenvalue weighted by atomic mass is 9.91. The van der Waals surface area contributed by atoms with Gasteiger partial charge in [-0.15, -0.1) is 0 Å². The lowest BCUT2D eigenvalue weighted by Crippen LogP contribution is -2.08. The number of fused-ring (bicyclic) bond motifs is 1. The summed E-state index contributed by atoms with van der Waals surface area (Å²) in [5.74, 6) is 1.30. The smallest absolute Gasteiger partial charge is 0.158 e. The largest absolute Gasteiger partial charge is 0.493 e. The van der Waals surface area contributed by atoms with Gasteiger partial charge in [-0.3, -0.25) is 9.38 Å². The Hall–Kier alpha value is -2.34. The number of aromatic nitrogens is 4. The molecule has 0 saturated heterocycles. The van der Waals surface area contributed by atoms with Gasteiger partial charge in [0.05, 0.1) is 6.61 Å². The lowest BCUT2D eigenvalue weighted by molar-refractivity contribution is 0.336. The molecule has 0 spiro atoms. The molecule has 4 rings (SSSR count). The number of nitrogens with zero attached hydrogens (tertiary/aromatic N) is 4. The third kappa shape index (κ3) is 3.86. The number of hydrogen-bond donors (Lipinski definition) is 0. The normalized spacial score (nSPS) is 12.4. The molecule has 3 aromatic heterocycles. The third-order valence-corrected chi connectivity index (χ3v) is 6.27. The van der Waals surface area contributed by atoms with Crippen LogP contribution in [-0.2, 0) is 0 Å². The minimum absolute atomic E-state index is 0.185. The zero-order chi connectivity index (χ0) is 22.3. The second-order valence-corrected chi connectivity index (χ2v) is 8.44. The van der Waals surface area contributed by atoms with E-state index in [2.05, 4.69) is 15.0 Å². The summed E-state index contributed by atoms with van der Waals surface area (Å²) in [6.45, 7) is 8.45. The molecule has 0 N–H and O–H groups in total. The van der Waals surface area contributed by atoms with Crippen LogP contribution >= 0.6 is 34.8 Å². The highest BCUT2D eigenvalue weighted by Gasteiger charge is 2.26. The van der Waals surface area contributed by atoms with Crippen LogP contribution < -0.4 is 4.74 Å². The zero-order valence-corrected chi connectivity index (χ0v) is 19.8. The van der Waals surface area contributed by atoms with Crippen LogP contribution in [0.25, 0.3) is 16.6 Å². The van der Waals surface area contributed by atoms with Gasteiger partial charge < -0.3 is 4.74 Å². The van der Waals surface area contributed by atoms with E-state index in [1.807, 2.05) is 56.5 Å². The molecule has 1 unspecified atom stereocenters. The van der Waals surface area contributed by atoms with E-state index in [1.54, 1.807) is 12.4 Å². The van der Waals surface area contributed by atoms with Gasteiger partial charge in [0.1, 0.15) is 17.1 Å². The lowest BCUT2D eigenvalue weighted by Gasteiger charge is -2.22. The number of ether oxygens (including phenoxy) is 1. The van der Waals surface area contributed by atoms with Crippen LogP contribution in [0.4, 0.5) is 0 Å². The predicted molar refractivity (Wildman–Crippen MR) is 126 cm³/mol. The topological polar surface area (TPSA) is 52.3 Å². The fraction of sp³-hybridized carbons (Fsp3) is 0.261. The number of rotatable bonds is 5. The highest BCUT2D eigenvalue weighted by Crippen LogP contribution is 2.44. The molecular formula is C23H21Cl3N4O. The number of halogens is 3. The fourth-order valence-corrected chi connectivity index (χ4v) is 4.52. The maximum atomic E-state index is 6.69. The van der Waals surface area contributed by atoms with Crippen LogP contribution in [0.2, 0.25) is 15.3 Å². The molecular weight excluding hydrogens is 455 g/mol. The van der Waals surface area contributed by atoms with Gasteiger partial charge in [0.15, 0.2) is 10.3 Å². The molecule has 8 heteroatoms. The molecule has 0 aliphatic heterocycles.